The first-order valence-corrected chi connectivity index (χ1v) is 8.59. The molecule has 4 heteroatoms. The average molecular weight is 353 g/mol. The third kappa shape index (κ3) is 3.86. The molecule has 1 unspecified atom stereocenters. The van der Waals surface area contributed by atoms with E-state index >= 15 is 0 Å². The highest BCUT2D eigenvalue weighted by atomic mass is 79.9. The van der Waals surface area contributed by atoms with Gasteiger partial charge in [-0.25, -0.2) is 0 Å². The van der Waals surface area contributed by atoms with E-state index in [2.05, 4.69) is 22.0 Å². The van der Waals surface area contributed by atoms with Crippen LogP contribution in [0.25, 0.3) is 0 Å². The van der Waals surface area contributed by atoms with Gasteiger partial charge in [0.05, 0.1) is 12.7 Å². The van der Waals surface area contributed by atoms with Crippen molar-refractivity contribution >= 4 is 21.7 Å². The van der Waals surface area contributed by atoms with Crippen LogP contribution in [0.1, 0.15) is 43.2 Å². The van der Waals surface area contributed by atoms with Gasteiger partial charge >= 0.3 is 0 Å². The highest BCUT2D eigenvalue weighted by molar-refractivity contribution is 9.10. The molecule has 0 saturated carbocycles. The summed E-state index contributed by atoms with van der Waals surface area (Å²) in [6.07, 6.45) is 6.63. The van der Waals surface area contributed by atoms with Crippen LogP contribution in [0.15, 0.2) is 16.6 Å². The molecule has 2 heterocycles. The monoisotopic (exact) mass is 352 g/mol. The zero-order chi connectivity index (χ0) is 14.7. The van der Waals surface area contributed by atoms with Crippen molar-refractivity contribution < 1.29 is 14.3 Å². The number of carbonyl (C=O) groups is 1. The van der Waals surface area contributed by atoms with Gasteiger partial charge in [0.2, 0.25) is 0 Å². The lowest BCUT2D eigenvalue weighted by atomic mass is 9.99. The van der Waals surface area contributed by atoms with Crippen LogP contribution >= 0.6 is 15.9 Å². The quantitative estimate of drug-likeness (QED) is 0.807. The molecule has 1 aromatic rings. The van der Waals surface area contributed by atoms with Crippen LogP contribution in [0.4, 0.5) is 0 Å². The number of rotatable bonds is 5. The molecule has 21 heavy (non-hydrogen) atoms. The number of benzene rings is 1. The molecule has 1 fully saturated rings. The molecule has 2 aliphatic heterocycles. The number of hydrogen-bond donors (Lipinski definition) is 0. The van der Waals surface area contributed by atoms with E-state index in [4.69, 9.17) is 9.47 Å². The molecule has 0 radical (unpaired) electrons. The fourth-order valence-electron chi connectivity index (χ4n) is 3.14. The number of carbonyl (C=O) groups excluding carboxylic acids is 1. The predicted octanol–water partition coefficient (Wildman–Crippen LogP) is 3.84. The molecule has 2 aliphatic rings. The Balaban J connectivity index is 1.57. The standard InChI is InChI=1S/C17H21BrO3/c18-14-9-12-6-8-21-17(12)13(10-14)11-15(19)4-5-16-3-1-2-7-20-16/h9-10,16H,1-8,11H2. The summed E-state index contributed by atoms with van der Waals surface area (Å²) in [6.45, 7) is 1.58. The van der Waals surface area contributed by atoms with Crippen LogP contribution in [-0.4, -0.2) is 25.1 Å². The molecule has 1 saturated heterocycles. The van der Waals surface area contributed by atoms with Crippen LogP contribution in [0.3, 0.4) is 0 Å². The molecule has 0 spiro atoms. The topological polar surface area (TPSA) is 35.5 Å². The first kappa shape index (κ1) is 15.0. The van der Waals surface area contributed by atoms with Gasteiger partial charge in [-0.3, -0.25) is 4.79 Å². The third-order valence-electron chi connectivity index (χ3n) is 4.23. The summed E-state index contributed by atoms with van der Waals surface area (Å²) in [5.41, 5.74) is 2.23. The lowest BCUT2D eigenvalue weighted by molar-refractivity contribution is -0.119. The fraction of sp³-hybridized carbons (Fsp3) is 0.588. The Morgan fingerprint density at radius 3 is 3.00 bits per heavy atom. The second-order valence-corrected chi connectivity index (χ2v) is 6.81. The first-order chi connectivity index (χ1) is 10.2. The van der Waals surface area contributed by atoms with E-state index in [1.807, 2.05) is 6.07 Å². The minimum absolute atomic E-state index is 0.278. The molecule has 3 rings (SSSR count). The van der Waals surface area contributed by atoms with Gasteiger partial charge in [-0.15, -0.1) is 0 Å². The summed E-state index contributed by atoms with van der Waals surface area (Å²) < 4.78 is 12.4. The van der Waals surface area contributed by atoms with Crippen LogP contribution in [0.2, 0.25) is 0 Å². The van der Waals surface area contributed by atoms with Crippen molar-refractivity contribution in [1.29, 1.82) is 0 Å². The minimum Gasteiger partial charge on any atom is -0.493 e. The van der Waals surface area contributed by atoms with Crippen molar-refractivity contribution in [3.63, 3.8) is 0 Å². The van der Waals surface area contributed by atoms with E-state index in [-0.39, 0.29) is 11.9 Å². The van der Waals surface area contributed by atoms with Gasteiger partial charge < -0.3 is 9.47 Å². The van der Waals surface area contributed by atoms with Crippen LogP contribution in [0, 0.1) is 0 Å². The number of fused-ring (bicyclic) bond motifs is 1. The molecule has 0 aromatic heterocycles. The van der Waals surface area contributed by atoms with Crippen LogP contribution in [0.5, 0.6) is 5.75 Å². The van der Waals surface area contributed by atoms with Crippen molar-refractivity contribution in [3.8, 4) is 5.75 Å². The molecule has 3 nitrogen and oxygen atoms in total. The number of ketones is 1. The maximum absolute atomic E-state index is 12.2. The Hall–Kier alpha value is -0.870. The zero-order valence-electron chi connectivity index (χ0n) is 12.2. The van der Waals surface area contributed by atoms with E-state index in [0.717, 1.165) is 54.7 Å². The van der Waals surface area contributed by atoms with Gasteiger partial charge in [-0.2, -0.15) is 0 Å². The van der Waals surface area contributed by atoms with Gasteiger partial charge in [0.15, 0.2) is 0 Å². The highest BCUT2D eigenvalue weighted by Gasteiger charge is 2.20. The number of halogens is 1. The molecule has 0 bridgehead atoms. The molecule has 0 amide bonds. The van der Waals surface area contributed by atoms with E-state index in [1.54, 1.807) is 0 Å². The summed E-state index contributed by atoms with van der Waals surface area (Å²) >= 11 is 3.52. The Morgan fingerprint density at radius 2 is 2.19 bits per heavy atom. The van der Waals surface area contributed by atoms with Crippen LogP contribution in [-0.2, 0) is 22.4 Å². The van der Waals surface area contributed by atoms with E-state index in [9.17, 15) is 4.79 Å². The molecule has 114 valence electrons. The second kappa shape index (κ2) is 6.93. The highest BCUT2D eigenvalue weighted by Crippen LogP contribution is 2.33. The molecule has 1 atom stereocenters. The predicted molar refractivity (Wildman–Crippen MR) is 84.9 cm³/mol. The summed E-state index contributed by atoms with van der Waals surface area (Å²) in [5.74, 6) is 1.21. The van der Waals surface area contributed by atoms with Crippen molar-refractivity contribution in [2.75, 3.05) is 13.2 Å². The number of Topliss-reactive ketones (excluding diaryl/α,β-unsaturated/α-hetero) is 1. The van der Waals surface area contributed by atoms with Gasteiger partial charge in [-0.1, -0.05) is 15.9 Å². The normalized spacial score (nSPS) is 20.9. The van der Waals surface area contributed by atoms with Gasteiger partial charge in [0, 0.05) is 35.9 Å². The van der Waals surface area contributed by atoms with Crippen LogP contribution < -0.4 is 4.74 Å². The SMILES string of the molecule is O=C(CCC1CCCCO1)Cc1cc(Br)cc2c1OCC2. The van der Waals surface area contributed by atoms with Gasteiger partial charge in [0.25, 0.3) is 0 Å². The average Bonchev–Trinajstić information content (AvgIpc) is 2.94. The Bertz CT molecular complexity index is 521. The van der Waals surface area contributed by atoms with Crippen molar-refractivity contribution in [1.82, 2.24) is 0 Å². The van der Waals surface area contributed by atoms with E-state index in [1.165, 1.54) is 12.0 Å². The third-order valence-corrected chi connectivity index (χ3v) is 4.69. The summed E-state index contributed by atoms with van der Waals surface area (Å²) in [5, 5.41) is 0. The minimum atomic E-state index is 0.278. The summed E-state index contributed by atoms with van der Waals surface area (Å²) in [4.78, 5) is 12.2. The lowest BCUT2D eigenvalue weighted by Gasteiger charge is -2.22. The van der Waals surface area contributed by atoms with Crippen molar-refractivity contribution in [2.24, 2.45) is 0 Å². The molecular formula is C17H21BrO3. The molecule has 0 aliphatic carbocycles. The van der Waals surface area contributed by atoms with Gasteiger partial charge in [-0.05, 0) is 43.4 Å². The largest absolute Gasteiger partial charge is 0.493 e. The smallest absolute Gasteiger partial charge is 0.137 e. The maximum atomic E-state index is 12.2. The number of ether oxygens (including phenoxy) is 2. The number of hydrogen-bond acceptors (Lipinski definition) is 3. The summed E-state index contributed by atoms with van der Waals surface area (Å²) in [7, 11) is 0. The molecular weight excluding hydrogens is 332 g/mol. The van der Waals surface area contributed by atoms with Gasteiger partial charge in [0.1, 0.15) is 11.5 Å². The Morgan fingerprint density at radius 1 is 1.29 bits per heavy atom. The second-order valence-electron chi connectivity index (χ2n) is 5.89. The maximum Gasteiger partial charge on any atom is 0.137 e. The van der Waals surface area contributed by atoms with E-state index in [0.29, 0.717) is 12.8 Å². The van der Waals surface area contributed by atoms with Crippen molar-refractivity contribution in [2.45, 2.75) is 51.0 Å². The molecule has 1 aromatic carbocycles. The fourth-order valence-corrected chi connectivity index (χ4v) is 3.69. The van der Waals surface area contributed by atoms with Crippen molar-refractivity contribution in [3.05, 3.63) is 27.7 Å². The first-order valence-electron chi connectivity index (χ1n) is 7.80. The lowest BCUT2D eigenvalue weighted by Crippen LogP contribution is -2.20. The zero-order valence-corrected chi connectivity index (χ0v) is 13.8. The Kier molecular flexibility index (Phi) is 4.96. The van der Waals surface area contributed by atoms with E-state index < -0.39 is 0 Å². The summed E-state index contributed by atoms with van der Waals surface area (Å²) in [6, 6.07) is 4.10. The molecule has 0 N–H and O–H groups in total. The Labute approximate surface area is 134 Å².